The Balaban J connectivity index is 0.819. The van der Waals surface area contributed by atoms with Crippen LogP contribution < -0.4 is 42.5 Å². The zero-order chi connectivity index (χ0) is 77.6. The molecule has 0 bridgehead atoms. The average molecular weight is 1540 g/mol. The molecule has 4 rings (SSSR count). The third-order valence-electron chi connectivity index (χ3n) is 15.5. The van der Waals surface area contributed by atoms with E-state index in [4.69, 9.17) is 71.1 Å². The molecule has 0 heterocycles. The van der Waals surface area contributed by atoms with Crippen LogP contribution in [0.2, 0.25) is 0 Å². The van der Waals surface area contributed by atoms with Gasteiger partial charge in [0.15, 0.2) is 0 Å². The van der Waals surface area contributed by atoms with Crippen molar-refractivity contribution in [2.24, 2.45) is 0 Å². The van der Waals surface area contributed by atoms with Gasteiger partial charge in [0, 0.05) is 78.5 Å². The highest BCUT2D eigenvalue weighted by molar-refractivity contribution is 5.86. The minimum absolute atomic E-state index is 0.0628. The van der Waals surface area contributed by atoms with Crippen molar-refractivity contribution >= 4 is 48.0 Å². The van der Waals surface area contributed by atoms with Crippen LogP contribution in [0, 0.1) is 0 Å². The van der Waals surface area contributed by atoms with Crippen molar-refractivity contribution in [3.8, 4) is 0 Å². The molecule has 0 aliphatic rings. The van der Waals surface area contributed by atoms with Crippen LogP contribution in [0.3, 0.4) is 0 Å². The van der Waals surface area contributed by atoms with Gasteiger partial charge in [-0.25, -0.2) is 19.2 Å². The Bertz CT molecular complexity index is 2760. The monoisotopic (exact) mass is 1530 g/mol. The van der Waals surface area contributed by atoms with Crippen LogP contribution in [0.1, 0.15) is 99.3 Å². The first-order valence-electron chi connectivity index (χ1n) is 37.8. The third kappa shape index (κ3) is 54.6. The molecule has 31 nitrogen and oxygen atoms in total. The number of carbonyl (C=O) groups is 8. The molecule has 0 aromatic heterocycles. The normalized spacial score (nSPS) is 11.5. The summed E-state index contributed by atoms with van der Waals surface area (Å²) in [5.74, 6) is -0.914. The standard InChI is InChI=1S/C78H118N8O23/c87-71(79-35-17-39-95-45-51-101-53-47-97-41-19-37-81-73(89)69(85-77(93)108-63-67-25-9-3-10-26-67)29-13-15-33-83-75(91)106-61-65-21-5-1-6-22-65)31-43-99-49-55-103-57-59-105-60-58-104-56-50-100-44-32-72(88)80-36-18-40-96-46-52-102-54-48-98-42-20-38-82-74(90)70(86-78(94)109-64-68-27-11-4-12-28-68)30-14-16-34-84-76(92)107-62-66-23-7-2-8-24-66/h1-12,21-28,69-70H,13-20,29-64H2,(H,79,87)(H,80,88)(H,81,89)(H,82,90)(H,83,91)(H,84,92)(H,85,93)(H,86,94). The van der Waals surface area contributed by atoms with Gasteiger partial charge in [0.25, 0.3) is 0 Å². The molecule has 4 aromatic rings. The highest BCUT2D eigenvalue weighted by atomic mass is 16.6. The summed E-state index contributed by atoms with van der Waals surface area (Å²) in [4.78, 5) is 100. The van der Waals surface area contributed by atoms with Gasteiger partial charge in [0.2, 0.25) is 23.6 Å². The van der Waals surface area contributed by atoms with Crippen molar-refractivity contribution in [3.05, 3.63) is 144 Å². The predicted molar refractivity (Wildman–Crippen MR) is 403 cm³/mol. The van der Waals surface area contributed by atoms with E-state index in [-0.39, 0.29) is 76.1 Å². The second kappa shape index (κ2) is 66.4. The molecule has 109 heavy (non-hydrogen) atoms. The quantitative estimate of drug-likeness (QED) is 0.0167. The highest BCUT2D eigenvalue weighted by Crippen LogP contribution is 2.09. The minimum atomic E-state index is -0.838. The van der Waals surface area contributed by atoms with Crippen LogP contribution in [0.15, 0.2) is 121 Å². The van der Waals surface area contributed by atoms with Crippen molar-refractivity contribution in [3.63, 3.8) is 0 Å². The van der Waals surface area contributed by atoms with Gasteiger partial charge >= 0.3 is 24.4 Å². The number of nitrogens with one attached hydrogen (secondary N) is 8. The molecule has 0 spiro atoms. The lowest BCUT2D eigenvalue weighted by Crippen LogP contribution is -2.47. The van der Waals surface area contributed by atoms with E-state index in [9.17, 15) is 38.4 Å². The van der Waals surface area contributed by atoms with Gasteiger partial charge in [-0.05, 0) is 86.5 Å². The number of benzene rings is 4. The molecule has 0 saturated heterocycles. The maximum Gasteiger partial charge on any atom is 0.408 e. The topological polar surface area (TPSA) is 371 Å². The molecule has 0 aliphatic heterocycles. The van der Waals surface area contributed by atoms with Crippen molar-refractivity contribution in [1.82, 2.24) is 42.5 Å². The summed E-state index contributed by atoms with van der Waals surface area (Å²) in [6, 6.07) is 35.5. The number of rotatable bonds is 68. The molecule has 4 aromatic carbocycles. The van der Waals surface area contributed by atoms with Gasteiger partial charge in [-0.2, -0.15) is 0 Å². The van der Waals surface area contributed by atoms with Gasteiger partial charge in [-0.15, -0.1) is 0 Å². The van der Waals surface area contributed by atoms with Crippen molar-refractivity contribution in [1.29, 1.82) is 0 Å². The molecule has 0 fully saturated rings. The fourth-order valence-corrected chi connectivity index (χ4v) is 9.62. The van der Waals surface area contributed by atoms with E-state index in [0.717, 1.165) is 22.3 Å². The fraction of sp³-hybridized carbons (Fsp3) is 0.590. The van der Waals surface area contributed by atoms with Crippen molar-refractivity contribution in [2.45, 2.75) is 116 Å². The first kappa shape index (κ1) is 92.8. The highest BCUT2D eigenvalue weighted by Gasteiger charge is 2.23. The molecule has 608 valence electrons. The number of alkyl carbamates (subject to hydrolysis) is 4. The van der Waals surface area contributed by atoms with E-state index in [1.165, 1.54) is 0 Å². The zero-order valence-corrected chi connectivity index (χ0v) is 63.2. The Morgan fingerprint density at radius 3 is 0.743 bits per heavy atom. The number of carbonyl (C=O) groups excluding carboxylic acids is 8. The van der Waals surface area contributed by atoms with Gasteiger partial charge in [0.05, 0.1) is 119 Å². The van der Waals surface area contributed by atoms with Crippen LogP contribution in [0.5, 0.6) is 0 Å². The molecular weight excluding hydrogens is 1420 g/mol. The molecule has 0 radical (unpaired) electrons. The Morgan fingerprint density at radius 2 is 0.468 bits per heavy atom. The lowest BCUT2D eigenvalue weighted by molar-refractivity contribution is -0.124. The molecule has 8 amide bonds. The van der Waals surface area contributed by atoms with Crippen molar-refractivity contribution in [2.75, 3.05) is 185 Å². The molecule has 8 N–H and O–H groups in total. The van der Waals surface area contributed by atoms with Crippen LogP contribution in [-0.2, 0) is 117 Å². The van der Waals surface area contributed by atoms with E-state index in [0.29, 0.717) is 236 Å². The maximum absolute atomic E-state index is 13.1. The van der Waals surface area contributed by atoms with Crippen LogP contribution in [0.25, 0.3) is 0 Å². The smallest absolute Gasteiger partial charge is 0.408 e. The number of ether oxygens (including phenoxy) is 15. The molecule has 2 atom stereocenters. The fourth-order valence-electron chi connectivity index (χ4n) is 9.62. The average Bonchev–Trinajstić information content (AvgIpc) is 0.929. The Hall–Kier alpha value is -8.60. The van der Waals surface area contributed by atoms with Crippen LogP contribution in [0.4, 0.5) is 19.2 Å². The molecule has 2 unspecified atom stereocenters. The maximum atomic E-state index is 13.1. The lowest BCUT2D eigenvalue weighted by Gasteiger charge is -2.18. The van der Waals surface area contributed by atoms with E-state index < -0.39 is 36.5 Å². The van der Waals surface area contributed by atoms with Gasteiger partial charge < -0.3 is 114 Å². The summed E-state index contributed by atoms with van der Waals surface area (Å²) in [5.41, 5.74) is 3.40. The Labute approximate surface area is 641 Å². The van der Waals surface area contributed by atoms with Crippen molar-refractivity contribution < 1.29 is 109 Å². The summed E-state index contributed by atoms with van der Waals surface area (Å²) in [6.45, 7) is 11.1. The lowest BCUT2D eigenvalue weighted by atomic mass is 10.1. The summed E-state index contributed by atoms with van der Waals surface area (Å²) < 4.78 is 82.4. The number of hydrogen-bond donors (Lipinski definition) is 8. The molecule has 0 saturated carbocycles. The molecule has 31 heteroatoms. The largest absolute Gasteiger partial charge is 0.445 e. The number of hydrogen-bond acceptors (Lipinski definition) is 23. The molecular formula is C78H118N8O23. The first-order valence-corrected chi connectivity index (χ1v) is 37.8. The first-order chi connectivity index (χ1) is 53.5. The third-order valence-corrected chi connectivity index (χ3v) is 15.5. The SMILES string of the molecule is O=C(CCOCCOCCOCCOCCOCCC(=O)NCCCOCCOCCOCCCNC(=O)C(CCCCNC(=O)OCc1ccccc1)NC(=O)OCc1ccccc1)NCCCOCCOCCOCCCNC(=O)C(CCCCNC(=O)OCc1ccccc1)NC(=O)OCc1ccccc1. The number of unbranched alkanes of at least 4 members (excludes halogenated alkanes) is 2. The summed E-state index contributed by atoms with van der Waals surface area (Å²) in [6.07, 6.45) is 3.26. The summed E-state index contributed by atoms with van der Waals surface area (Å²) >= 11 is 0. The molecule has 0 aliphatic carbocycles. The van der Waals surface area contributed by atoms with E-state index in [2.05, 4.69) is 42.5 Å². The Kier molecular flexibility index (Phi) is 56.5. The van der Waals surface area contributed by atoms with E-state index in [1.54, 1.807) is 0 Å². The number of amides is 8. The summed E-state index contributed by atoms with van der Waals surface area (Å²) in [5, 5.41) is 22.2. The van der Waals surface area contributed by atoms with Gasteiger partial charge in [-0.3, -0.25) is 19.2 Å². The van der Waals surface area contributed by atoms with E-state index >= 15 is 0 Å². The minimum Gasteiger partial charge on any atom is -0.445 e. The van der Waals surface area contributed by atoms with Crippen LogP contribution >= 0.6 is 0 Å². The Morgan fingerprint density at radius 1 is 0.239 bits per heavy atom. The predicted octanol–water partition coefficient (Wildman–Crippen LogP) is 6.76. The zero-order valence-electron chi connectivity index (χ0n) is 63.2. The van der Waals surface area contributed by atoms with Crippen LogP contribution in [-0.4, -0.2) is 245 Å². The van der Waals surface area contributed by atoms with E-state index in [1.807, 2.05) is 121 Å². The van der Waals surface area contributed by atoms with Gasteiger partial charge in [-0.1, -0.05) is 121 Å². The second-order valence-corrected chi connectivity index (χ2v) is 24.4. The second-order valence-electron chi connectivity index (χ2n) is 24.4. The summed E-state index contributed by atoms with van der Waals surface area (Å²) in [7, 11) is 0. The van der Waals surface area contributed by atoms with Gasteiger partial charge in [0.1, 0.15) is 38.5 Å².